The summed E-state index contributed by atoms with van der Waals surface area (Å²) in [5.74, 6) is -0.511. The number of benzene rings is 1. The molecule has 2 saturated heterocycles. The molecule has 0 radical (unpaired) electrons. The first kappa shape index (κ1) is 13.2. The number of carbonyl (C=O) groups is 1. The number of ether oxygens (including phenoxy) is 2. The van der Waals surface area contributed by atoms with Crippen LogP contribution in [-0.4, -0.2) is 42.9 Å². The summed E-state index contributed by atoms with van der Waals surface area (Å²) in [6.45, 7) is 2.51. The molecule has 0 atom stereocenters. The lowest BCUT2D eigenvalue weighted by Gasteiger charge is -2.37. The molecule has 20 heavy (non-hydrogen) atoms. The van der Waals surface area contributed by atoms with Crippen LogP contribution in [-0.2, 0) is 9.47 Å². The zero-order valence-electron chi connectivity index (χ0n) is 11.3. The number of carbonyl (C=O) groups excluding carboxylic acids is 1. The van der Waals surface area contributed by atoms with E-state index in [1.807, 2.05) is 0 Å². The fourth-order valence-corrected chi connectivity index (χ4v) is 2.82. The number of piperidine rings is 1. The highest BCUT2D eigenvalue weighted by Gasteiger charge is 2.40. The third kappa shape index (κ3) is 2.44. The van der Waals surface area contributed by atoms with E-state index in [1.165, 1.54) is 0 Å². The number of amides is 1. The van der Waals surface area contributed by atoms with Crippen LogP contribution in [0.4, 0.5) is 11.4 Å². The van der Waals surface area contributed by atoms with Crippen molar-refractivity contribution < 1.29 is 14.3 Å². The highest BCUT2D eigenvalue weighted by Crippen LogP contribution is 2.31. The molecule has 0 saturated carbocycles. The minimum absolute atomic E-state index is 0.0446. The molecule has 2 fully saturated rings. The summed E-state index contributed by atoms with van der Waals surface area (Å²) < 4.78 is 11.3. The molecule has 1 amide bonds. The Labute approximate surface area is 117 Å². The van der Waals surface area contributed by atoms with Gasteiger partial charge < -0.3 is 25.8 Å². The highest BCUT2D eigenvalue weighted by atomic mass is 16.7. The van der Waals surface area contributed by atoms with Crippen molar-refractivity contribution in [2.45, 2.75) is 18.6 Å². The third-order valence-electron chi connectivity index (χ3n) is 3.85. The van der Waals surface area contributed by atoms with Crippen LogP contribution < -0.4 is 11.5 Å². The van der Waals surface area contributed by atoms with Crippen molar-refractivity contribution in [2.75, 3.05) is 37.8 Å². The van der Waals surface area contributed by atoms with Gasteiger partial charge in [0.05, 0.1) is 13.2 Å². The van der Waals surface area contributed by atoms with E-state index in [0.29, 0.717) is 56.1 Å². The average Bonchev–Trinajstić information content (AvgIpc) is 2.86. The van der Waals surface area contributed by atoms with Crippen molar-refractivity contribution >= 4 is 17.3 Å². The normalized spacial score (nSPS) is 21.3. The molecule has 4 N–H and O–H groups in total. The van der Waals surface area contributed by atoms with E-state index in [1.54, 1.807) is 23.1 Å². The number of hydrogen-bond donors (Lipinski definition) is 2. The Morgan fingerprint density at radius 3 is 2.15 bits per heavy atom. The minimum atomic E-state index is -0.467. The first-order valence-corrected chi connectivity index (χ1v) is 6.81. The first-order chi connectivity index (χ1) is 9.58. The van der Waals surface area contributed by atoms with Gasteiger partial charge in [-0.05, 0) is 18.2 Å². The maximum absolute atomic E-state index is 12.4. The van der Waals surface area contributed by atoms with Gasteiger partial charge in [0.15, 0.2) is 5.79 Å². The summed E-state index contributed by atoms with van der Waals surface area (Å²) >= 11 is 0. The monoisotopic (exact) mass is 277 g/mol. The van der Waals surface area contributed by atoms with E-state index in [0.717, 1.165) is 0 Å². The van der Waals surface area contributed by atoms with Crippen LogP contribution in [0.5, 0.6) is 0 Å². The lowest BCUT2D eigenvalue weighted by Crippen LogP contribution is -2.47. The molecule has 2 aliphatic rings. The largest absolute Gasteiger partial charge is 0.399 e. The molecule has 0 aliphatic carbocycles. The van der Waals surface area contributed by atoms with Crippen molar-refractivity contribution in [3.8, 4) is 0 Å². The van der Waals surface area contributed by atoms with Gasteiger partial charge in [0, 0.05) is 42.9 Å². The fraction of sp³-hybridized carbons (Fsp3) is 0.500. The standard InChI is InChI=1S/C14H19N3O3/c15-11-7-10(8-12(16)9-11)13(18)17-3-1-14(2-4-17)19-5-6-20-14/h7-9H,1-6,15-16H2. The SMILES string of the molecule is Nc1cc(N)cc(C(=O)N2CCC3(CC2)OCCO3)c1. The number of anilines is 2. The van der Waals surface area contributed by atoms with E-state index in [4.69, 9.17) is 20.9 Å². The van der Waals surface area contributed by atoms with Gasteiger partial charge in [0.2, 0.25) is 0 Å². The summed E-state index contributed by atoms with van der Waals surface area (Å²) in [6, 6.07) is 4.96. The minimum Gasteiger partial charge on any atom is -0.399 e. The third-order valence-corrected chi connectivity index (χ3v) is 3.85. The molecule has 0 unspecified atom stereocenters. The van der Waals surface area contributed by atoms with E-state index in [2.05, 4.69) is 0 Å². The second-order valence-corrected chi connectivity index (χ2v) is 5.29. The van der Waals surface area contributed by atoms with Gasteiger partial charge in [0.1, 0.15) is 0 Å². The summed E-state index contributed by atoms with van der Waals surface area (Å²) in [5, 5.41) is 0. The van der Waals surface area contributed by atoms with Gasteiger partial charge in [-0.2, -0.15) is 0 Å². The molecular formula is C14H19N3O3. The Kier molecular flexibility index (Phi) is 3.27. The Bertz CT molecular complexity index is 496. The van der Waals surface area contributed by atoms with Gasteiger partial charge >= 0.3 is 0 Å². The second kappa shape index (κ2) is 4.96. The quantitative estimate of drug-likeness (QED) is 0.742. The Hall–Kier alpha value is -1.79. The second-order valence-electron chi connectivity index (χ2n) is 5.29. The predicted molar refractivity (Wildman–Crippen MR) is 75.0 cm³/mol. The zero-order chi connectivity index (χ0) is 14.2. The molecule has 1 aromatic rings. The van der Waals surface area contributed by atoms with Gasteiger partial charge in [-0.3, -0.25) is 4.79 Å². The Morgan fingerprint density at radius 1 is 1.05 bits per heavy atom. The number of hydrogen-bond acceptors (Lipinski definition) is 5. The topological polar surface area (TPSA) is 90.8 Å². The summed E-state index contributed by atoms with van der Waals surface area (Å²) in [7, 11) is 0. The Balaban J connectivity index is 1.69. The number of rotatable bonds is 1. The van der Waals surface area contributed by atoms with Crippen molar-refractivity contribution in [1.29, 1.82) is 0 Å². The summed E-state index contributed by atoms with van der Waals surface area (Å²) in [6.07, 6.45) is 1.41. The van der Waals surface area contributed by atoms with Crippen molar-refractivity contribution in [3.63, 3.8) is 0 Å². The average molecular weight is 277 g/mol. The van der Waals surface area contributed by atoms with Crippen LogP contribution in [0, 0.1) is 0 Å². The van der Waals surface area contributed by atoms with Gasteiger partial charge in [0.25, 0.3) is 5.91 Å². The maximum Gasteiger partial charge on any atom is 0.254 e. The lowest BCUT2D eigenvalue weighted by atomic mass is 10.0. The van der Waals surface area contributed by atoms with Crippen LogP contribution in [0.15, 0.2) is 18.2 Å². The molecular weight excluding hydrogens is 258 g/mol. The van der Waals surface area contributed by atoms with Crippen LogP contribution in [0.2, 0.25) is 0 Å². The number of likely N-dealkylation sites (tertiary alicyclic amines) is 1. The zero-order valence-corrected chi connectivity index (χ0v) is 11.3. The molecule has 1 spiro atoms. The number of nitrogen functional groups attached to an aromatic ring is 2. The molecule has 6 heteroatoms. The smallest absolute Gasteiger partial charge is 0.254 e. The predicted octanol–water partition coefficient (Wildman–Crippen LogP) is 0.830. The molecule has 2 heterocycles. The highest BCUT2D eigenvalue weighted by molar-refractivity contribution is 5.96. The molecule has 3 rings (SSSR count). The van der Waals surface area contributed by atoms with Gasteiger partial charge in [-0.15, -0.1) is 0 Å². The van der Waals surface area contributed by atoms with Gasteiger partial charge in [-0.1, -0.05) is 0 Å². The molecule has 6 nitrogen and oxygen atoms in total. The van der Waals surface area contributed by atoms with Crippen molar-refractivity contribution in [1.82, 2.24) is 4.90 Å². The Morgan fingerprint density at radius 2 is 1.60 bits per heavy atom. The van der Waals surface area contributed by atoms with Crippen LogP contribution in [0.25, 0.3) is 0 Å². The van der Waals surface area contributed by atoms with Crippen LogP contribution in [0.1, 0.15) is 23.2 Å². The van der Waals surface area contributed by atoms with Gasteiger partial charge in [-0.25, -0.2) is 0 Å². The van der Waals surface area contributed by atoms with Crippen molar-refractivity contribution in [3.05, 3.63) is 23.8 Å². The molecule has 0 aromatic heterocycles. The summed E-state index contributed by atoms with van der Waals surface area (Å²) in [4.78, 5) is 14.2. The van der Waals surface area contributed by atoms with E-state index >= 15 is 0 Å². The fourth-order valence-electron chi connectivity index (χ4n) is 2.82. The molecule has 0 bridgehead atoms. The molecule has 108 valence electrons. The molecule has 2 aliphatic heterocycles. The summed E-state index contributed by atoms with van der Waals surface area (Å²) in [5.41, 5.74) is 13.0. The number of nitrogens with zero attached hydrogens (tertiary/aromatic N) is 1. The lowest BCUT2D eigenvalue weighted by molar-refractivity contribution is -0.181. The maximum atomic E-state index is 12.4. The van der Waals surface area contributed by atoms with E-state index in [-0.39, 0.29) is 5.91 Å². The molecule has 1 aromatic carbocycles. The van der Waals surface area contributed by atoms with Crippen LogP contribution >= 0.6 is 0 Å². The van der Waals surface area contributed by atoms with Crippen LogP contribution in [0.3, 0.4) is 0 Å². The van der Waals surface area contributed by atoms with Crippen molar-refractivity contribution in [2.24, 2.45) is 0 Å². The first-order valence-electron chi connectivity index (χ1n) is 6.81. The van der Waals surface area contributed by atoms with E-state index < -0.39 is 5.79 Å². The van der Waals surface area contributed by atoms with E-state index in [9.17, 15) is 4.79 Å². The number of nitrogens with two attached hydrogens (primary N) is 2.